The molecule has 2 rings (SSSR count). The van der Waals surface area contributed by atoms with Crippen LogP contribution in [0.3, 0.4) is 0 Å². The Labute approximate surface area is 452 Å². The molecule has 0 bridgehead atoms. The number of carbonyl (C=O) groups excluding carboxylic acids is 2. The second-order valence-electron chi connectivity index (χ2n) is 20.8. The number of hydrogen-bond acceptors (Lipinski definition) is 15. The molecule has 7 N–H and O–H groups in total. The van der Waals surface area contributed by atoms with Gasteiger partial charge in [-0.15, -0.1) is 0 Å². The number of unbranched alkanes of at least 4 members (excludes halogenated alkanes) is 25. The lowest BCUT2D eigenvalue weighted by atomic mass is 9.98. The van der Waals surface area contributed by atoms with Gasteiger partial charge in [0.05, 0.1) is 19.8 Å². The van der Waals surface area contributed by atoms with Gasteiger partial charge in [-0.25, -0.2) is 0 Å². The first-order valence-electron chi connectivity index (χ1n) is 29.7. The average molecular weight is 1070 g/mol. The van der Waals surface area contributed by atoms with Gasteiger partial charge >= 0.3 is 11.9 Å². The highest BCUT2D eigenvalue weighted by Gasteiger charge is 2.47. The molecule has 75 heavy (non-hydrogen) atoms. The molecule has 2 heterocycles. The van der Waals surface area contributed by atoms with Crippen LogP contribution < -0.4 is 0 Å². The first-order valence-corrected chi connectivity index (χ1v) is 29.7. The van der Waals surface area contributed by atoms with Gasteiger partial charge < -0.3 is 64.2 Å². The van der Waals surface area contributed by atoms with Crippen molar-refractivity contribution in [1.82, 2.24) is 0 Å². The van der Waals surface area contributed by atoms with Crippen molar-refractivity contribution in [1.29, 1.82) is 0 Å². The van der Waals surface area contributed by atoms with Crippen LogP contribution in [0.2, 0.25) is 0 Å². The third-order valence-electron chi connectivity index (χ3n) is 14.1. The molecule has 2 saturated heterocycles. The van der Waals surface area contributed by atoms with Crippen molar-refractivity contribution in [2.75, 3.05) is 26.4 Å². The van der Waals surface area contributed by atoms with Gasteiger partial charge in [-0.1, -0.05) is 210 Å². The fraction of sp³-hybridized carbons (Fsp3) is 0.833. The van der Waals surface area contributed by atoms with Gasteiger partial charge in [-0.3, -0.25) is 9.59 Å². The van der Waals surface area contributed by atoms with Gasteiger partial charge in [0.25, 0.3) is 0 Å². The first-order chi connectivity index (χ1) is 36.5. The topological polar surface area (TPSA) is 231 Å². The maximum Gasteiger partial charge on any atom is 0.306 e. The molecule has 2 fully saturated rings. The van der Waals surface area contributed by atoms with E-state index in [-0.39, 0.29) is 26.1 Å². The summed E-state index contributed by atoms with van der Waals surface area (Å²) in [5.74, 6) is -0.921. The summed E-state index contributed by atoms with van der Waals surface area (Å²) in [6, 6.07) is 0. The summed E-state index contributed by atoms with van der Waals surface area (Å²) >= 11 is 0. The number of esters is 2. The maximum atomic E-state index is 13.1. The molecule has 15 heteroatoms. The Morgan fingerprint density at radius 1 is 0.440 bits per heavy atom. The monoisotopic (exact) mass is 1070 g/mol. The molecule has 2 aliphatic rings. The summed E-state index contributed by atoms with van der Waals surface area (Å²) in [5, 5.41) is 72.3. The highest BCUT2D eigenvalue weighted by Crippen LogP contribution is 2.27. The van der Waals surface area contributed by atoms with Crippen LogP contribution in [0.1, 0.15) is 226 Å². The van der Waals surface area contributed by atoms with Crippen LogP contribution in [-0.4, -0.2) is 142 Å². The molecule has 2 aliphatic heterocycles. The highest BCUT2D eigenvalue weighted by atomic mass is 16.7. The van der Waals surface area contributed by atoms with E-state index < -0.39 is 92.7 Å². The van der Waals surface area contributed by atoms with E-state index in [4.69, 9.17) is 28.4 Å². The summed E-state index contributed by atoms with van der Waals surface area (Å²) in [7, 11) is 0. The van der Waals surface area contributed by atoms with E-state index in [1.807, 2.05) is 0 Å². The van der Waals surface area contributed by atoms with E-state index in [1.165, 1.54) is 109 Å². The molecule has 0 aromatic rings. The smallest absolute Gasteiger partial charge is 0.306 e. The maximum absolute atomic E-state index is 13.1. The fourth-order valence-electron chi connectivity index (χ4n) is 9.27. The van der Waals surface area contributed by atoms with E-state index in [0.717, 1.165) is 77.0 Å². The summed E-state index contributed by atoms with van der Waals surface area (Å²) in [4.78, 5) is 25.9. The Morgan fingerprint density at radius 2 is 0.840 bits per heavy atom. The van der Waals surface area contributed by atoms with E-state index >= 15 is 0 Å². The molecule has 0 amide bonds. The molecular formula is C60H106O15. The largest absolute Gasteiger partial charge is 0.462 e. The Bertz CT molecular complexity index is 1490. The first kappa shape index (κ1) is 68.6. The van der Waals surface area contributed by atoms with Gasteiger partial charge in [0.1, 0.15) is 55.4 Å². The van der Waals surface area contributed by atoms with Crippen LogP contribution >= 0.6 is 0 Å². The van der Waals surface area contributed by atoms with Gasteiger partial charge in [-0.05, 0) is 51.4 Å². The van der Waals surface area contributed by atoms with Crippen LogP contribution in [0.25, 0.3) is 0 Å². The Kier molecular flexibility index (Phi) is 42.4. The van der Waals surface area contributed by atoms with E-state index in [2.05, 4.69) is 62.5 Å². The van der Waals surface area contributed by atoms with Crippen molar-refractivity contribution in [3.8, 4) is 0 Å². The minimum Gasteiger partial charge on any atom is -0.462 e. The number of allylic oxidation sites excluding steroid dienone is 8. The van der Waals surface area contributed by atoms with Crippen molar-refractivity contribution in [2.45, 2.75) is 293 Å². The van der Waals surface area contributed by atoms with Crippen molar-refractivity contribution in [3.63, 3.8) is 0 Å². The van der Waals surface area contributed by atoms with Crippen molar-refractivity contribution >= 4 is 11.9 Å². The van der Waals surface area contributed by atoms with Crippen molar-refractivity contribution in [2.24, 2.45) is 0 Å². The van der Waals surface area contributed by atoms with Crippen molar-refractivity contribution in [3.05, 3.63) is 48.6 Å². The van der Waals surface area contributed by atoms with Crippen LogP contribution in [0, 0.1) is 0 Å². The molecule has 0 spiro atoms. The van der Waals surface area contributed by atoms with Crippen LogP contribution in [0.5, 0.6) is 0 Å². The minimum absolute atomic E-state index is 0.160. The summed E-state index contributed by atoms with van der Waals surface area (Å²) in [6.45, 7) is 2.51. The molecule has 15 nitrogen and oxygen atoms in total. The van der Waals surface area contributed by atoms with Gasteiger partial charge in [-0.2, -0.15) is 0 Å². The van der Waals surface area contributed by atoms with E-state index in [0.29, 0.717) is 12.8 Å². The fourth-order valence-corrected chi connectivity index (χ4v) is 9.27. The summed E-state index contributed by atoms with van der Waals surface area (Å²) in [6.07, 6.45) is 37.0. The second-order valence-corrected chi connectivity index (χ2v) is 20.8. The third kappa shape index (κ3) is 33.5. The van der Waals surface area contributed by atoms with Gasteiger partial charge in [0.15, 0.2) is 18.7 Å². The van der Waals surface area contributed by atoms with Gasteiger partial charge in [0, 0.05) is 12.8 Å². The molecule has 0 saturated carbocycles. The molecule has 11 unspecified atom stereocenters. The van der Waals surface area contributed by atoms with E-state index in [1.54, 1.807) is 0 Å². The number of aliphatic hydroxyl groups is 7. The quantitative estimate of drug-likeness (QED) is 0.0171. The molecule has 0 radical (unpaired) electrons. The Balaban J connectivity index is 1.74. The molecule has 0 aromatic carbocycles. The van der Waals surface area contributed by atoms with Crippen LogP contribution in [0.15, 0.2) is 48.6 Å². The highest BCUT2D eigenvalue weighted by molar-refractivity contribution is 5.70. The number of aliphatic hydroxyl groups excluding tert-OH is 7. The van der Waals surface area contributed by atoms with Crippen LogP contribution in [-0.2, 0) is 38.0 Å². The molecule has 436 valence electrons. The van der Waals surface area contributed by atoms with Crippen molar-refractivity contribution < 1.29 is 73.8 Å². The normalized spacial score (nSPS) is 24.8. The second kappa shape index (κ2) is 46.4. The summed E-state index contributed by atoms with van der Waals surface area (Å²) in [5.41, 5.74) is 0. The zero-order chi connectivity index (χ0) is 54.6. The Morgan fingerprint density at radius 3 is 1.32 bits per heavy atom. The van der Waals surface area contributed by atoms with E-state index in [9.17, 15) is 45.3 Å². The molecular weight excluding hydrogens is 961 g/mol. The number of carbonyl (C=O) groups is 2. The zero-order valence-corrected chi connectivity index (χ0v) is 46.5. The predicted molar refractivity (Wildman–Crippen MR) is 293 cm³/mol. The zero-order valence-electron chi connectivity index (χ0n) is 46.5. The lowest BCUT2D eigenvalue weighted by Gasteiger charge is -2.42. The van der Waals surface area contributed by atoms with Crippen LogP contribution in [0.4, 0.5) is 0 Å². The SMILES string of the molecule is CC/C=C\C/C=C\C/C=C\C/C=C\CCCCCCCCCCCCC(=O)OC(COC(=O)CCCCCCCCCCCCCCCCCC)COC1OC(COC2OC(CO)C(O)C(O)C2O)C(O)C(O)C1O. The minimum atomic E-state index is -1.77. The number of ether oxygens (including phenoxy) is 6. The average Bonchev–Trinajstić information content (AvgIpc) is 3.40. The lowest BCUT2D eigenvalue weighted by Crippen LogP contribution is -2.61. The standard InChI is InChI=1S/C60H106O15/c1-3-5-7-9-11-13-15-17-19-21-22-23-24-25-26-27-29-31-33-35-37-39-41-43-52(63)73-48(45-70-51(62)42-40-38-36-34-32-30-28-20-18-16-14-12-10-8-6-4-2)46-71-59-58(69)56(67)54(65)50(75-59)47-72-60-57(68)55(66)53(64)49(44-61)74-60/h5,7,11,13,17,19,22-23,48-50,53-61,64-69H,3-4,6,8-10,12,14-16,18,20-21,24-47H2,1-2H3/b7-5-,13-11-,19-17-,23-22-. The number of rotatable bonds is 47. The van der Waals surface area contributed by atoms with Gasteiger partial charge in [0.2, 0.25) is 0 Å². The molecule has 11 atom stereocenters. The number of hydrogen-bond donors (Lipinski definition) is 7. The third-order valence-corrected chi connectivity index (χ3v) is 14.1. The predicted octanol–water partition coefficient (Wildman–Crippen LogP) is 10.2. The summed E-state index contributed by atoms with van der Waals surface area (Å²) < 4.78 is 33.7. The Hall–Kier alpha value is -2.54. The molecule has 0 aromatic heterocycles. The lowest BCUT2D eigenvalue weighted by molar-refractivity contribution is -0.332. The molecule has 0 aliphatic carbocycles.